The molecule has 3 N–H and O–H groups in total. The van der Waals surface area contributed by atoms with E-state index >= 15 is 0 Å². The fourth-order valence-electron chi connectivity index (χ4n) is 0.838. The minimum Gasteiger partial charge on any atom is -0.506 e. The van der Waals surface area contributed by atoms with Gasteiger partial charge in [-0.3, -0.25) is 4.79 Å². The normalized spacial score (nSPS) is 10.5. The summed E-state index contributed by atoms with van der Waals surface area (Å²) in [4.78, 5) is 10.4. The molecule has 1 rings (SSSR count). The predicted octanol–water partition coefficient (Wildman–Crippen LogP) is 1.65. The molecule has 0 atom stereocenters. The van der Waals surface area contributed by atoms with Crippen molar-refractivity contribution in [3.8, 4) is 5.75 Å². The maximum atomic E-state index is 10.4. The number of phenolic OH excluding ortho intramolecular Hbond substituents is 1. The van der Waals surface area contributed by atoms with Gasteiger partial charge in [-0.05, 0) is 28.1 Å². The van der Waals surface area contributed by atoms with Crippen LogP contribution in [0.4, 0.5) is 0 Å². The Hall–Kier alpha value is -1.29. The number of primary amides is 1. The fourth-order valence-corrected chi connectivity index (χ4v) is 1.22. The summed E-state index contributed by atoms with van der Waals surface area (Å²) in [6, 6.07) is 5.14. The lowest BCUT2D eigenvalue weighted by molar-refractivity contribution is -0.113. The average Bonchev–Trinajstić information content (AvgIpc) is 2.07. The van der Waals surface area contributed by atoms with Crippen molar-refractivity contribution in [2.24, 2.45) is 5.73 Å². The second-order valence-electron chi connectivity index (χ2n) is 2.41. The van der Waals surface area contributed by atoms with Crippen molar-refractivity contribution < 1.29 is 9.90 Å². The minimum absolute atomic E-state index is 0.0972. The molecule has 0 bridgehead atoms. The molecular weight excluding hydrogens is 234 g/mol. The first kappa shape index (κ1) is 9.80. The summed E-state index contributed by atoms with van der Waals surface area (Å²) >= 11 is 3.15. The van der Waals surface area contributed by atoms with Gasteiger partial charge in [-0.2, -0.15) is 0 Å². The SMILES string of the molecule is NC(=O)/C=C\c1cccc(Br)c1O. The molecule has 0 aromatic heterocycles. The van der Waals surface area contributed by atoms with Crippen LogP contribution >= 0.6 is 15.9 Å². The van der Waals surface area contributed by atoms with E-state index in [1.54, 1.807) is 18.2 Å². The van der Waals surface area contributed by atoms with E-state index in [2.05, 4.69) is 15.9 Å². The fraction of sp³-hybridized carbons (Fsp3) is 0. The molecule has 0 heterocycles. The van der Waals surface area contributed by atoms with Gasteiger partial charge >= 0.3 is 0 Å². The van der Waals surface area contributed by atoms with Gasteiger partial charge in [0.05, 0.1) is 4.47 Å². The third-order valence-corrected chi connectivity index (χ3v) is 2.09. The highest BCUT2D eigenvalue weighted by atomic mass is 79.9. The third kappa shape index (κ3) is 2.59. The van der Waals surface area contributed by atoms with Crippen molar-refractivity contribution in [2.45, 2.75) is 0 Å². The Balaban J connectivity index is 3.02. The molecule has 1 amide bonds. The Morgan fingerprint density at radius 3 is 2.85 bits per heavy atom. The van der Waals surface area contributed by atoms with Gasteiger partial charge in [-0.25, -0.2) is 0 Å². The molecule has 0 saturated heterocycles. The molecule has 0 aliphatic heterocycles. The Bertz CT molecular complexity index is 361. The molecule has 13 heavy (non-hydrogen) atoms. The summed E-state index contributed by atoms with van der Waals surface area (Å²) in [5.41, 5.74) is 5.46. The Kier molecular flexibility index (Phi) is 3.08. The topological polar surface area (TPSA) is 63.3 Å². The van der Waals surface area contributed by atoms with Crippen LogP contribution in [0, 0.1) is 0 Å². The average molecular weight is 242 g/mol. The third-order valence-electron chi connectivity index (χ3n) is 1.45. The number of para-hydroxylation sites is 1. The van der Waals surface area contributed by atoms with Crippen LogP contribution in [-0.2, 0) is 4.79 Å². The molecule has 1 aromatic carbocycles. The molecule has 68 valence electrons. The summed E-state index contributed by atoms with van der Waals surface area (Å²) in [5, 5.41) is 9.46. The molecule has 4 heteroatoms. The maximum Gasteiger partial charge on any atom is 0.241 e. The van der Waals surface area contributed by atoms with Gasteiger partial charge in [-0.15, -0.1) is 0 Å². The van der Waals surface area contributed by atoms with E-state index in [-0.39, 0.29) is 5.75 Å². The number of rotatable bonds is 2. The van der Waals surface area contributed by atoms with Crippen LogP contribution in [0.5, 0.6) is 5.75 Å². The van der Waals surface area contributed by atoms with Gasteiger partial charge in [0.2, 0.25) is 5.91 Å². The van der Waals surface area contributed by atoms with Crippen LogP contribution < -0.4 is 5.73 Å². The second kappa shape index (κ2) is 4.09. The number of hydrogen-bond donors (Lipinski definition) is 2. The highest BCUT2D eigenvalue weighted by Gasteiger charge is 2.00. The van der Waals surface area contributed by atoms with Gasteiger partial charge in [0.25, 0.3) is 0 Å². The number of halogens is 1. The van der Waals surface area contributed by atoms with Gasteiger partial charge < -0.3 is 10.8 Å². The summed E-state index contributed by atoms with van der Waals surface area (Å²) in [6.07, 6.45) is 2.66. The van der Waals surface area contributed by atoms with Crippen LogP contribution in [0.15, 0.2) is 28.7 Å². The zero-order valence-corrected chi connectivity index (χ0v) is 8.28. The number of hydrogen-bond acceptors (Lipinski definition) is 2. The number of nitrogens with two attached hydrogens (primary N) is 1. The number of amides is 1. The minimum atomic E-state index is -0.542. The molecule has 0 radical (unpaired) electrons. The van der Waals surface area contributed by atoms with E-state index in [0.717, 1.165) is 0 Å². The summed E-state index contributed by atoms with van der Waals surface area (Å²) in [7, 11) is 0. The molecular formula is C9H8BrNO2. The lowest BCUT2D eigenvalue weighted by Crippen LogP contribution is -2.05. The van der Waals surface area contributed by atoms with E-state index in [4.69, 9.17) is 5.73 Å². The number of carbonyl (C=O) groups excluding carboxylic acids is 1. The summed E-state index contributed by atoms with van der Waals surface area (Å²) in [5.74, 6) is -0.445. The first-order valence-corrected chi connectivity index (χ1v) is 4.35. The number of phenols is 1. The zero-order chi connectivity index (χ0) is 9.84. The first-order chi connectivity index (χ1) is 6.11. The van der Waals surface area contributed by atoms with Crippen LogP contribution in [0.3, 0.4) is 0 Å². The number of aromatic hydroxyl groups is 1. The van der Waals surface area contributed by atoms with Crippen molar-refractivity contribution in [3.63, 3.8) is 0 Å². The lowest BCUT2D eigenvalue weighted by Gasteiger charge is -1.99. The first-order valence-electron chi connectivity index (χ1n) is 3.56. The molecule has 0 aliphatic rings. The Morgan fingerprint density at radius 1 is 1.54 bits per heavy atom. The Labute approximate surface area is 84.0 Å². The molecule has 0 saturated carbocycles. The van der Waals surface area contributed by atoms with Gasteiger partial charge in [-0.1, -0.05) is 12.1 Å². The molecule has 0 aliphatic carbocycles. The maximum absolute atomic E-state index is 10.4. The van der Waals surface area contributed by atoms with Crippen LogP contribution in [-0.4, -0.2) is 11.0 Å². The van der Waals surface area contributed by atoms with Gasteiger partial charge in [0.1, 0.15) is 5.75 Å². The standard InChI is InChI=1S/C9H8BrNO2/c10-7-3-1-2-6(9(7)13)4-5-8(11)12/h1-5,13H,(H2,11,12)/b5-4-. The molecule has 0 fully saturated rings. The van der Waals surface area contributed by atoms with Crippen molar-refractivity contribution in [3.05, 3.63) is 34.3 Å². The van der Waals surface area contributed by atoms with E-state index in [1.165, 1.54) is 12.2 Å². The van der Waals surface area contributed by atoms with Gasteiger partial charge in [0, 0.05) is 11.6 Å². The van der Waals surface area contributed by atoms with E-state index in [1.807, 2.05) is 0 Å². The zero-order valence-electron chi connectivity index (χ0n) is 6.70. The summed E-state index contributed by atoms with van der Waals surface area (Å²) in [6.45, 7) is 0. The Morgan fingerprint density at radius 2 is 2.23 bits per heavy atom. The molecule has 0 spiro atoms. The molecule has 0 unspecified atom stereocenters. The van der Waals surface area contributed by atoms with Crippen LogP contribution in [0.1, 0.15) is 5.56 Å². The molecule has 3 nitrogen and oxygen atoms in total. The quantitative estimate of drug-likeness (QED) is 0.774. The van der Waals surface area contributed by atoms with Crippen LogP contribution in [0.2, 0.25) is 0 Å². The highest BCUT2D eigenvalue weighted by molar-refractivity contribution is 9.10. The van der Waals surface area contributed by atoms with Crippen molar-refractivity contribution >= 4 is 27.9 Å². The molecule has 1 aromatic rings. The van der Waals surface area contributed by atoms with Crippen molar-refractivity contribution in [2.75, 3.05) is 0 Å². The largest absolute Gasteiger partial charge is 0.506 e. The van der Waals surface area contributed by atoms with Crippen molar-refractivity contribution in [1.29, 1.82) is 0 Å². The van der Waals surface area contributed by atoms with E-state index < -0.39 is 5.91 Å². The lowest BCUT2D eigenvalue weighted by atomic mass is 10.2. The highest BCUT2D eigenvalue weighted by Crippen LogP contribution is 2.27. The van der Waals surface area contributed by atoms with Crippen molar-refractivity contribution in [1.82, 2.24) is 0 Å². The smallest absolute Gasteiger partial charge is 0.241 e. The predicted molar refractivity (Wildman–Crippen MR) is 54.0 cm³/mol. The number of carbonyl (C=O) groups is 1. The summed E-state index contributed by atoms with van der Waals surface area (Å²) < 4.78 is 0.583. The monoisotopic (exact) mass is 241 g/mol. The van der Waals surface area contributed by atoms with E-state index in [0.29, 0.717) is 10.0 Å². The van der Waals surface area contributed by atoms with E-state index in [9.17, 15) is 9.90 Å². The number of benzene rings is 1. The van der Waals surface area contributed by atoms with Gasteiger partial charge in [0.15, 0.2) is 0 Å². The van der Waals surface area contributed by atoms with Crippen LogP contribution in [0.25, 0.3) is 6.08 Å². The second-order valence-corrected chi connectivity index (χ2v) is 3.27.